The Labute approximate surface area is 442 Å². The Morgan fingerprint density at radius 3 is 2.05 bits per heavy atom. The number of methoxy groups -OCH3 is 2. The molecule has 1 aromatic rings. The third-order valence-corrected chi connectivity index (χ3v) is 13.9. The summed E-state index contributed by atoms with van der Waals surface area (Å²) in [5.41, 5.74) is 2.11. The largest absolute Gasteiger partial charge is 0.466 e. The van der Waals surface area contributed by atoms with Crippen molar-refractivity contribution in [2.45, 2.75) is 217 Å². The van der Waals surface area contributed by atoms with Gasteiger partial charge in [-0.15, -0.1) is 0 Å². The molecular formula is C56H84N2O17. The van der Waals surface area contributed by atoms with Gasteiger partial charge in [-0.3, -0.25) is 24.4 Å². The van der Waals surface area contributed by atoms with Crippen LogP contribution >= 0.6 is 0 Å². The van der Waals surface area contributed by atoms with Gasteiger partial charge >= 0.3 is 23.9 Å². The molecule has 19 heteroatoms. The topological polar surface area (TPSA) is 272 Å². The molecule has 4 heterocycles. The highest BCUT2D eigenvalue weighted by atomic mass is 16.7. The second kappa shape index (κ2) is 32.5. The number of cyclic esters (lactones) is 1. The quantitative estimate of drug-likeness (QED) is 0.0160. The number of fused-ring (bicyclic) bond motifs is 6. The number of hydrogen-bond acceptors (Lipinski definition) is 17. The number of hydroxylamine groups is 1. The molecule has 9 atom stereocenters. The van der Waals surface area contributed by atoms with Crippen molar-refractivity contribution in [2.24, 2.45) is 5.41 Å². The van der Waals surface area contributed by atoms with Gasteiger partial charge in [0.15, 0.2) is 6.10 Å². The van der Waals surface area contributed by atoms with Gasteiger partial charge in [0.2, 0.25) is 17.6 Å². The Balaban J connectivity index is 0.000000537. The normalized spacial score (nSPS) is 28.5. The maximum atomic E-state index is 13.4. The Morgan fingerprint density at radius 1 is 0.760 bits per heavy atom. The van der Waals surface area contributed by atoms with Crippen molar-refractivity contribution in [3.63, 3.8) is 0 Å². The minimum atomic E-state index is -2.30. The number of amides is 2. The van der Waals surface area contributed by atoms with Crippen LogP contribution in [-0.4, -0.2) is 132 Å². The Kier molecular flexibility index (Phi) is 27.1. The molecule has 4 aliphatic heterocycles. The maximum absolute atomic E-state index is 13.4. The molecule has 19 nitrogen and oxygen atoms in total. The predicted octanol–water partition coefficient (Wildman–Crippen LogP) is 7.31. The lowest BCUT2D eigenvalue weighted by Gasteiger charge is -2.51. The zero-order valence-corrected chi connectivity index (χ0v) is 44.7. The van der Waals surface area contributed by atoms with E-state index in [9.17, 15) is 44.1 Å². The number of rotatable bonds is 18. The van der Waals surface area contributed by atoms with Crippen LogP contribution in [0, 0.1) is 5.41 Å². The van der Waals surface area contributed by atoms with Crippen LogP contribution in [0.1, 0.15) is 162 Å². The highest BCUT2D eigenvalue weighted by Crippen LogP contribution is 2.47. The third-order valence-electron chi connectivity index (χ3n) is 13.9. The van der Waals surface area contributed by atoms with Gasteiger partial charge in [0.05, 0.1) is 63.9 Å². The summed E-state index contributed by atoms with van der Waals surface area (Å²) in [5, 5.41) is 45.1. The summed E-state index contributed by atoms with van der Waals surface area (Å²) < 4.78 is 40.9. The fourth-order valence-electron chi connectivity index (χ4n) is 9.82. The van der Waals surface area contributed by atoms with Crippen molar-refractivity contribution in [3.05, 3.63) is 65.8 Å². The van der Waals surface area contributed by atoms with Crippen molar-refractivity contribution >= 4 is 41.4 Å². The van der Waals surface area contributed by atoms with Crippen molar-refractivity contribution in [3.8, 4) is 0 Å². The van der Waals surface area contributed by atoms with Crippen molar-refractivity contribution < 1.29 is 82.5 Å². The number of anilines is 1. The number of hydrogen-bond donors (Lipinski definition) is 6. The second-order valence-electron chi connectivity index (χ2n) is 20.6. The summed E-state index contributed by atoms with van der Waals surface area (Å²) in [7, 11) is 2.53. The lowest BCUT2D eigenvalue weighted by Crippen LogP contribution is -2.62. The minimum absolute atomic E-state index is 0.0132. The van der Waals surface area contributed by atoms with Crippen molar-refractivity contribution in [1.29, 1.82) is 0 Å². The predicted molar refractivity (Wildman–Crippen MR) is 275 cm³/mol. The summed E-state index contributed by atoms with van der Waals surface area (Å²) in [6, 6.07) is 9.36. The number of aliphatic hydroxyl groups excluding tert-OH is 2. The van der Waals surface area contributed by atoms with Crippen LogP contribution in [0.15, 0.2) is 65.8 Å². The van der Waals surface area contributed by atoms with Crippen LogP contribution < -0.4 is 10.8 Å². The molecule has 3 fully saturated rings. The van der Waals surface area contributed by atoms with E-state index in [1.54, 1.807) is 31.5 Å². The molecule has 6 bridgehead atoms. The lowest BCUT2D eigenvalue weighted by atomic mass is 9.74. The molecule has 75 heavy (non-hydrogen) atoms. The van der Waals surface area contributed by atoms with Crippen LogP contribution in [-0.2, 0) is 61.9 Å². The molecule has 0 spiro atoms. The van der Waals surface area contributed by atoms with Gasteiger partial charge < -0.3 is 53.8 Å². The van der Waals surface area contributed by atoms with Gasteiger partial charge in [-0.25, -0.2) is 15.1 Å². The molecule has 4 aliphatic rings. The molecule has 0 aliphatic carbocycles. The van der Waals surface area contributed by atoms with Gasteiger partial charge in [0.1, 0.15) is 6.10 Å². The zero-order chi connectivity index (χ0) is 54.8. The summed E-state index contributed by atoms with van der Waals surface area (Å²) in [5.74, 6) is -5.17. The van der Waals surface area contributed by atoms with E-state index in [1.165, 1.54) is 26.4 Å². The van der Waals surface area contributed by atoms with E-state index in [4.69, 9.17) is 38.4 Å². The zero-order valence-electron chi connectivity index (χ0n) is 44.7. The lowest BCUT2D eigenvalue weighted by molar-refractivity contribution is -0.327. The molecule has 420 valence electrons. The standard InChI is InChI=1S/C42H64O14.C14H20N2O3/c1-6-7-8-9-10-14-36(45)55-40-28(21-38(47)51-5)20-34-25-35(26-43)54-39(48)23-29(44)22-30-12-11-13-31(52-30)24-33-18-27(19-37(46)50-4)17-32(53-33)15-16-41(2,3)42(40,49)56-34;17-13(15-12-8-4-3-5-9-12)10-6-1-2-7-11-14(18)16-19/h15-16,19,21,29-35,40,43-44,49H,6-14,17-18,20,22-26H2,1-5H3;3-5,8-9,19H,1-2,6-7,10-11H2,(H,15,17)(H,16,18)/b16-15+,27-19+,28-21+;/t29-,30+,31?,32+,33+,34+,35-,40+,42-;/m1./s1. The number of nitrogens with one attached hydrogen (secondary N) is 2. The second-order valence-corrected chi connectivity index (χ2v) is 20.6. The van der Waals surface area contributed by atoms with Gasteiger partial charge in [-0.05, 0) is 75.5 Å². The number of carbonyl (C=O) groups is 6. The third kappa shape index (κ3) is 21.9. The summed E-state index contributed by atoms with van der Waals surface area (Å²) >= 11 is 0. The SMILES string of the molecule is CCCCCCCC(=O)O[C@H]1/C(=C/C(=O)OC)C[C@H]2C[C@H](CO)OC(=O)C[C@H](O)C[C@@H]3CCCC(C[C@@H]4C/C(=C/C(=O)OC)C[C@H](/C=C/C(C)(C)[C@]1(O)O2)O4)O3.O=C(CCCCCCC(=O)Nc1ccccc1)NO. The molecule has 0 aromatic heterocycles. The number of esters is 4. The molecule has 1 unspecified atom stereocenters. The number of carbonyl (C=O) groups excluding carboxylic acids is 6. The minimum Gasteiger partial charge on any atom is -0.466 e. The molecule has 2 amide bonds. The first-order chi connectivity index (χ1) is 35.9. The molecule has 6 N–H and O–H groups in total. The van der Waals surface area contributed by atoms with Crippen LogP contribution in [0.3, 0.4) is 0 Å². The number of benzene rings is 1. The number of ether oxygens (including phenoxy) is 7. The fraction of sp³-hybridized carbons (Fsp3) is 0.679. The molecular weight excluding hydrogens is 973 g/mol. The highest BCUT2D eigenvalue weighted by Gasteiger charge is 2.57. The van der Waals surface area contributed by atoms with E-state index >= 15 is 0 Å². The van der Waals surface area contributed by atoms with Crippen LogP contribution in [0.2, 0.25) is 0 Å². The van der Waals surface area contributed by atoms with E-state index in [-0.39, 0.29) is 67.8 Å². The maximum Gasteiger partial charge on any atom is 0.330 e. The van der Waals surface area contributed by atoms with Gasteiger partial charge in [-0.2, -0.15) is 0 Å². The van der Waals surface area contributed by atoms with E-state index in [1.807, 2.05) is 30.3 Å². The average Bonchev–Trinajstić information content (AvgIpc) is 3.37. The molecule has 0 saturated carbocycles. The Hall–Kier alpha value is -5.02. The summed E-state index contributed by atoms with van der Waals surface area (Å²) in [6.45, 7) is 4.92. The smallest absolute Gasteiger partial charge is 0.330 e. The molecule has 3 saturated heterocycles. The van der Waals surface area contributed by atoms with Gasteiger partial charge in [-0.1, -0.05) is 95.2 Å². The van der Waals surface area contributed by atoms with E-state index in [0.29, 0.717) is 38.5 Å². The van der Waals surface area contributed by atoms with Crippen LogP contribution in [0.25, 0.3) is 0 Å². The van der Waals surface area contributed by atoms with Crippen LogP contribution in [0.4, 0.5) is 5.69 Å². The van der Waals surface area contributed by atoms with Gasteiger partial charge in [0.25, 0.3) is 0 Å². The average molecular weight is 1060 g/mol. The Morgan fingerprint density at radius 2 is 1.40 bits per heavy atom. The van der Waals surface area contributed by atoms with Crippen molar-refractivity contribution in [1.82, 2.24) is 5.48 Å². The first-order valence-corrected chi connectivity index (χ1v) is 26.8. The summed E-state index contributed by atoms with van der Waals surface area (Å²) in [6.07, 6.45) is 12.5. The molecule has 1 aromatic carbocycles. The monoisotopic (exact) mass is 1060 g/mol. The van der Waals surface area contributed by atoms with E-state index in [2.05, 4.69) is 12.2 Å². The first-order valence-electron chi connectivity index (χ1n) is 26.8. The molecule has 5 rings (SSSR count). The molecule has 0 radical (unpaired) electrons. The number of unbranched alkanes of at least 4 members (excludes halogenated alkanes) is 7. The Bertz CT molecular complexity index is 2060. The van der Waals surface area contributed by atoms with E-state index < -0.39 is 72.2 Å². The first kappa shape index (κ1) is 62.5. The van der Waals surface area contributed by atoms with E-state index in [0.717, 1.165) is 81.9 Å². The number of aliphatic hydroxyl groups is 3. The number of para-hydroxylation sites is 1. The summed E-state index contributed by atoms with van der Waals surface area (Å²) in [4.78, 5) is 73.9. The highest BCUT2D eigenvalue weighted by molar-refractivity contribution is 5.90. The van der Waals surface area contributed by atoms with Gasteiger partial charge in [0, 0.05) is 61.8 Å². The van der Waals surface area contributed by atoms with Crippen LogP contribution in [0.5, 0.6) is 0 Å². The fourth-order valence-corrected chi connectivity index (χ4v) is 9.82. The van der Waals surface area contributed by atoms with Crippen molar-refractivity contribution in [2.75, 3.05) is 26.1 Å².